The van der Waals surface area contributed by atoms with Gasteiger partial charge in [0.05, 0.1) is 6.20 Å². The molecule has 5 heteroatoms. The number of hydrogen-bond donors (Lipinski definition) is 0. The molecule has 0 atom stereocenters. The minimum absolute atomic E-state index is 0. The van der Waals surface area contributed by atoms with Crippen LogP contribution in [0.25, 0.3) is 0 Å². The van der Waals surface area contributed by atoms with Crippen LogP contribution in [0, 0.1) is 46.6 Å². The second-order valence-corrected chi connectivity index (χ2v) is 1.82. The first kappa shape index (κ1) is 23.8. The molecule has 0 aliphatic rings. The average Bonchev–Trinajstić information content (AvgIpc) is 1.82. The Hall–Kier alpha value is 2.27. The molecular weight excluding hydrogens is 521 g/mol. The standard InChI is InChI=1S/C7H13FN.2HI.Sm/c1-4-9(5-2)6-7(3)8;;;/h4-5H2,1-3H3;2*1H;/p-2. The van der Waals surface area contributed by atoms with Gasteiger partial charge >= 0.3 is 0 Å². The molecule has 0 bridgehead atoms. The van der Waals surface area contributed by atoms with Crippen molar-refractivity contribution in [3.63, 3.8) is 0 Å². The maximum Gasteiger partial charge on any atom is 0.122 e. The van der Waals surface area contributed by atoms with E-state index in [2.05, 4.69) is 6.20 Å². The SMILES string of the molecule is CCN([C]=C(C)F)CC.[I-].[I-].[Sm]. The topological polar surface area (TPSA) is 3.24 Å². The Bertz CT molecular complexity index is 104. The molecule has 0 saturated carbocycles. The van der Waals surface area contributed by atoms with E-state index in [1.807, 2.05) is 13.8 Å². The third-order valence-electron chi connectivity index (χ3n) is 1.08. The van der Waals surface area contributed by atoms with Crippen molar-refractivity contribution in [1.29, 1.82) is 0 Å². The Labute approximate surface area is 141 Å². The molecule has 12 heavy (non-hydrogen) atoms. The van der Waals surface area contributed by atoms with Gasteiger partial charge < -0.3 is 52.9 Å². The van der Waals surface area contributed by atoms with Gasteiger partial charge in [-0.1, -0.05) is 0 Å². The summed E-state index contributed by atoms with van der Waals surface area (Å²) in [7, 11) is 0. The van der Waals surface area contributed by atoms with E-state index < -0.39 is 0 Å². The van der Waals surface area contributed by atoms with Gasteiger partial charge in [0.15, 0.2) is 0 Å². The van der Waals surface area contributed by atoms with Gasteiger partial charge in [-0.15, -0.1) is 0 Å². The molecule has 0 aromatic heterocycles. The Morgan fingerprint density at radius 2 is 1.58 bits per heavy atom. The fraction of sp³-hybridized carbons (Fsp3) is 0.714. The van der Waals surface area contributed by atoms with Crippen LogP contribution < -0.4 is 48.0 Å². The van der Waals surface area contributed by atoms with Crippen molar-refractivity contribution in [2.24, 2.45) is 0 Å². The first-order chi connectivity index (χ1) is 4.20. The van der Waals surface area contributed by atoms with Crippen LogP contribution >= 0.6 is 0 Å². The molecule has 0 fully saturated rings. The number of allylic oxidation sites excluding steroid dienone is 1. The van der Waals surface area contributed by atoms with Crippen LogP contribution in [0.5, 0.6) is 0 Å². The minimum Gasteiger partial charge on any atom is -1.00 e. The maximum atomic E-state index is 12.1. The van der Waals surface area contributed by atoms with E-state index in [4.69, 9.17) is 0 Å². The second kappa shape index (κ2) is 15.7. The summed E-state index contributed by atoms with van der Waals surface area (Å²) in [6, 6.07) is 0. The first-order valence-corrected chi connectivity index (χ1v) is 3.21. The van der Waals surface area contributed by atoms with E-state index in [-0.39, 0.29) is 94.2 Å². The van der Waals surface area contributed by atoms with Crippen molar-refractivity contribution >= 4 is 0 Å². The van der Waals surface area contributed by atoms with Crippen molar-refractivity contribution in [2.45, 2.75) is 20.8 Å². The molecule has 0 heterocycles. The molecule has 1 nitrogen and oxygen atoms in total. The van der Waals surface area contributed by atoms with Crippen LogP contribution in [0.2, 0.25) is 0 Å². The predicted molar refractivity (Wildman–Crippen MR) is 36.5 cm³/mol. The molecule has 0 aliphatic carbocycles. The summed E-state index contributed by atoms with van der Waals surface area (Å²) >= 11 is 0. The first-order valence-electron chi connectivity index (χ1n) is 3.21. The summed E-state index contributed by atoms with van der Waals surface area (Å²) in [6.45, 7) is 6.98. The molecule has 0 aromatic rings. The van der Waals surface area contributed by atoms with E-state index in [1.165, 1.54) is 6.92 Å². The molecule has 0 spiro atoms. The molecule has 0 saturated heterocycles. The minimum atomic E-state index is -0.251. The average molecular weight is 534 g/mol. The Kier molecular flexibility index (Phi) is 31.2. The fourth-order valence-electron chi connectivity index (χ4n) is 0.600. The maximum absolute atomic E-state index is 12.1. The van der Waals surface area contributed by atoms with Crippen LogP contribution in [0.3, 0.4) is 0 Å². The van der Waals surface area contributed by atoms with Crippen LogP contribution in [0.15, 0.2) is 5.83 Å². The van der Waals surface area contributed by atoms with Crippen molar-refractivity contribution in [3.8, 4) is 0 Å². The summed E-state index contributed by atoms with van der Waals surface area (Å²) in [5, 5.41) is 0. The third-order valence-corrected chi connectivity index (χ3v) is 1.08. The Morgan fingerprint density at radius 1 is 1.25 bits per heavy atom. The molecule has 0 unspecified atom stereocenters. The molecular formula is C7H13FI2NSm-2. The monoisotopic (exact) mass is 536 g/mol. The van der Waals surface area contributed by atoms with Gasteiger partial charge in [0.25, 0.3) is 0 Å². The van der Waals surface area contributed by atoms with E-state index in [9.17, 15) is 4.39 Å². The molecule has 0 aromatic carbocycles. The quantitative estimate of drug-likeness (QED) is 0.264. The van der Waals surface area contributed by atoms with Gasteiger partial charge in [-0.05, 0) is 20.8 Å². The number of rotatable bonds is 3. The summed E-state index contributed by atoms with van der Waals surface area (Å²) in [4.78, 5) is 1.79. The second-order valence-electron chi connectivity index (χ2n) is 1.82. The largest absolute Gasteiger partial charge is 1.00 e. The van der Waals surface area contributed by atoms with Gasteiger partial charge in [-0.2, -0.15) is 0 Å². The van der Waals surface area contributed by atoms with Crippen molar-refractivity contribution in [1.82, 2.24) is 4.90 Å². The summed E-state index contributed by atoms with van der Waals surface area (Å²) in [6.07, 6.45) is 2.56. The fourth-order valence-corrected chi connectivity index (χ4v) is 0.600. The van der Waals surface area contributed by atoms with Gasteiger partial charge in [-0.25, -0.2) is 4.39 Å². The zero-order chi connectivity index (χ0) is 7.28. The van der Waals surface area contributed by atoms with E-state index in [0.717, 1.165) is 13.1 Å². The molecule has 0 rings (SSSR count). The summed E-state index contributed by atoms with van der Waals surface area (Å²) in [5.74, 6) is -0.251. The van der Waals surface area contributed by atoms with Gasteiger partial charge in [0.1, 0.15) is 5.83 Å². The number of hydrogen-bond acceptors (Lipinski definition) is 1. The number of halogens is 3. The summed E-state index contributed by atoms with van der Waals surface area (Å²) < 4.78 is 12.1. The summed E-state index contributed by atoms with van der Waals surface area (Å²) in [5.41, 5.74) is 0. The normalized spacial score (nSPS) is 8.83. The van der Waals surface area contributed by atoms with Crippen LogP contribution in [-0.4, -0.2) is 18.0 Å². The van der Waals surface area contributed by atoms with E-state index in [0.29, 0.717) is 0 Å². The van der Waals surface area contributed by atoms with Crippen molar-refractivity contribution < 1.29 is 92.7 Å². The van der Waals surface area contributed by atoms with Gasteiger partial charge in [0, 0.05) is 53.5 Å². The number of nitrogens with zero attached hydrogens (tertiary/aromatic N) is 1. The molecule has 0 aliphatic heterocycles. The molecule has 0 amide bonds. The van der Waals surface area contributed by atoms with Crippen LogP contribution in [-0.2, 0) is 0 Å². The van der Waals surface area contributed by atoms with Gasteiger partial charge in [-0.3, -0.25) is 0 Å². The molecule has 1 radical (unpaired) electrons. The Balaban J connectivity index is -0.000000107. The molecule has 0 N–H and O–H groups in total. The van der Waals surface area contributed by atoms with Crippen LogP contribution in [0.1, 0.15) is 20.8 Å². The van der Waals surface area contributed by atoms with E-state index in [1.54, 1.807) is 4.90 Å². The third kappa shape index (κ3) is 14.8. The zero-order valence-corrected chi connectivity index (χ0v) is 14.3. The smallest absolute Gasteiger partial charge is 0.122 e. The van der Waals surface area contributed by atoms with Crippen LogP contribution in [0.4, 0.5) is 4.39 Å². The molecule has 75 valence electrons. The Morgan fingerprint density at radius 3 is 1.67 bits per heavy atom. The predicted octanol–water partition coefficient (Wildman–Crippen LogP) is -4.03. The van der Waals surface area contributed by atoms with Crippen molar-refractivity contribution in [2.75, 3.05) is 13.1 Å². The van der Waals surface area contributed by atoms with Crippen molar-refractivity contribution in [3.05, 3.63) is 12.0 Å². The van der Waals surface area contributed by atoms with E-state index >= 15 is 0 Å². The van der Waals surface area contributed by atoms with Gasteiger partial charge in [0.2, 0.25) is 0 Å². The zero-order valence-electron chi connectivity index (χ0n) is 7.40.